The summed E-state index contributed by atoms with van der Waals surface area (Å²) in [6, 6.07) is 0.202. The highest BCUT2D eigenvalue weighted by molar-refractivity contribution is 4.91. The molecule has 88 valence electrons. The van der Waals surface area contributed by atoms with Crippen LogP contribution in [0.15, 0.2) is 0 Å². The van der Waals surface area contributed by atoms with E-state index in [1.165, 1.54) is 25.7 Å². The molecule has 3 heteroatoms. The third-order valence-corrected chi connectivity index (χ3v) is 3.82. The second-order valence-corrected chi connectivity index (χ2v) is 5.54. The van der Waals surface area contributed by atoms with E-state index in [0.29, 0.717) is 0 Å². The van der Waals surface area contributed by atoms with Crippen molar-refractivity contribution >= 4 is 0 Å². The van der Waals surface area contributed by atoms with E-state index in [4.69, 9.17) is 10.5 Å². The van der Waals surface area contributed by atoms with E-state index in [0.717, 1.165) is 32.2 Å². The average molecular weight is 212 g/mol. The van der Waals surface area contributed by atoms with Gasteiger partial charge in [-0.05, 0) is 25.3 Å². The van der Waals surface area contributed by atoms with Crippen LogP contribution in [0.5, 0.6) is 0 Å². The van der Waals surface area contributed by atoms with Crippen LogP contribution < -0.4 is 11.1 Å². The molecule has 0 bridgehead atoms. The zero-order valence-electron chi connectivity index (χ0n) is 9.80. The molecule has 2 unspecified atom stereocenters. The van der Waals surface area contributed by atoms with Crippen molar-refractivity contribution in [3.63, 3.8) is 0 Å². The first-order chi connectivity index (χ1) is 7.21. The maximum absolute atomic E-state index is 6.02. The largest absolute Gasteiger partial charge is 0.379 e. The fraction of sp³-hybridized carbons (Fsp3) is 1.00. The van der Waals surface area contributed by atoms with Gasteiger partial charge in [-0.2, -0.15) is 0 Å². The molecule has 0 aromatic heterocycles. The van der Waals surface area contributed by atoms with Crippen molar-refractivity contribution in [2.45, 2.75) is 38.6 Å². The molecule has 0 amide bonds. The van der Waals surface area contributed by atoms with Crippen LogP contribution in [0.2, 0.25) is 0 Å². The van der Waals surface area contributed by atoms with Crippen LogP contribution in [0.1, 0.15) is 32.6 Å². The number of hydrogen-bond acceptors (Lipinski definition) is 3. The van der Waals surface area contributed by atoms with Crippen molar-refractivity contribution in [3.05, 3.63) is 0 Å². The Hall–Kier alpha value is -0.120. The van der Waals surface area contributed by atoms with Gasteiger partial charge in [0, 0.05) is 18.0 Å². The van der Waals surface area contributed by atoms with Gasteiger partial charge in [0.05, 0.1) is 13.2 Å². The number of hydrogen-bond donors (Lipinski definition) is 2. The second-order valence-electron chi connectivity index (χ2n) is 5.54. The Bertz CT molecular complexity index is 206. The predicted molar refractivity (Wildman–Crippen MR) is 61.7 cm³/mol. The van der Waals surface area contributed by atoms with Gasteiger partial charge in [-0.3, -0.25) is 0 Å². The summed E-state index contributed by atoms with van der Waals surface area (Å²) in [5.74, 6) is 1.06. The molecule has 15 heavy (non-hydrogen) atoms. The zero-order chi connectivity index (χ0) is 10.7. The summed E-state index contributed by atoms with van der Waals surface area (Å²) < 4.78 is 5.41. The molecule has 1 saturated heterocycles. The summed E-state index contributed by atoms with van der Waals surface area (Å²) in [7, 11) is 0. The first kappa shape index (κ1) is 11.4. The van der Waals surface area contributed by atoms with Crippen molar-refractivity contribution in [2.24, 2.45) is 17.1 Å². The molecule has 0 aromatic rings. The molecule has 2 rings (SSSR count). The number of nitrogens with one attached hydrogen (secondary N) is 1. The van der Waals surface area contributed by atoms with Gasteiger partial charge in [-0.15, -0.1) is 0 Å². The van der Waals surface area contributed by atoms with Gasteiger partial charge in [0.15, 0.2) is 0 Å². The molecule has 2 fully saturated rings. The molecular formula is C12H24N2O. The summed E-state index contributed by atoms with van der Waals surface area (Å²) in [6.07, 6.45) is 5.66. The standard InChI is InChI=1S/C12H24N2O/c1-12(9-15-7-11(12)13)8-14-6-2-3-10-4-5-10/h10-11,14H,2-9,13H2,1H3. The molecule has 0 spiro atoms. The van der Waals surface area contributed by atoms with Gasteiger partial charge in [-0.25, -0.2) is 0 Å². The Morgan fingerprint density at radius 2 is 2.27 bits per heavy atom. The smallest absolute Gasteiger partial charge is 0.0624 e. The molecule has 0 aromatic carbocycles. The predicted octanol–water partition coefficient (Wildman–Crippen LogP) is 1.13. The molecule has 1 heterocycles. The van der Waals surface area contributed by atoms with E-state index in [2.05, 4.69) is 12.2 Å². The molecule has 2 aliphatic rings. The minimum atomic E-state index is 0.152. The van der Waals surface area contributed by atoms with Gasteiger partial charge in [0.1, 0.15) is 0 Å². The molecular weight excluding hydrogens is 188 g/mol. The van der Waals surface area contributed by atoms with Gasteiger partial charge in [-0.1, -0.05) is 19.8 Å². The lowest BCUT2D eigenvalue weighted by Gasteiger charge is -2.27. The molecule has 0 radical (unpaired) electrons. The first-order valence-electron chi connectivity index (χ1n) is 6.25. The Kier molecular flexibility index (Phi) is 3.65. The summed E-state index contributed by atoms with van der Waals surface area (Å²) in [4.78, 5) is 0. The van der Waals surface area contributed by atoms with Crippen molar-refractivity contribution in [1.82, 2.24) is 5.32 Å². The van der Waals surface area contributed by atoms with Crippen LogP contribution in [-0.2, 0) is 4.74 Å². The normalized spacial score (nSPS) is 36.0. The fourth-order valence-corrected chi connectivity index (χ4v) is 2.21. The van der Waals surface area contributed by atoms with Gasteiger partial charge >= 0.3 is 0 Å². The lowest BCUT2D eigenvalue weighted by molar-refractivity contribution is 0.158. The van der Waals surface area contributed by atoms with E-state index in [1.54, 1.807) is 0 Å². The molecule has 2 atom stereocenters. The Labute approximate surface area is 92.7 Å². The summed E-state index contributed by atoms with van der Waals surface area (Å²) in [6.45, 7) is 5.89. The summed E-state index contributed by atoms with van der Waals surface area (Å²) in [5.41, 5.74) is 6.17. The van der Waals surface area contributed by atoms with Crippen LogP contribution in [-0.4, -0.2) is 32.3 Å². The molecule has 1 aliphatic carbocycles. The number of nitrogens with two attached hydrogens (primary N) is 1. The minimum Gasteiger partial charge on any atom is -0.379 e. The zero-order valence-corrected chi connectivity index (χ0v) is 9.80. The third kappa shape index (κ3) is 3.16. The monoisotopic (exact) mass is 212 g/mol. The Morgan fingerprint density at radius 3 is 2.87 bits per heavy atom. The number of ether oxygens (including phenoxy) is 1. The topological polar surface area (TPSA) is 47.3 Å². The Balaban J connectivity index is 1.55. The van der Waals surface area contributed by atoms with E-state index in [1.807, 2.05) is 0 Å². The highest BCUT2D eigenvalue weighted by Crippen LogP contribution is 2.33. The van der Waals surface area contributed by atoms with Crippen LogP contribution >= 0.6 is 0 Å². The van der Waals surface area contributed by atoms with Crippen molar-refractivity contribution in [3.8, 4) is 0 Å². The van der Waals surface area contributed by atoms with Gasteiger partial charge in [0.25, 0.3) is 0 Å². The van der Waals surface area contributed by atoms with Crippen molar-refractivity contribution < 1.29 is 4.74 Å². The van der Waals surface area contributed by atoms with E-state index < -0.39 is 0 Å². The second kappa shape index (κ2) is 4.81. The third-order valence-electron chi connectivity index (χ3n) is 3.82. The van der Waals surface area contributed by atoms with E-state index in [9.17, 15) is 0 Å². The average Bonchev–Trinajstić information content (AvgIpc) is 2.95. The highest BCUT2D eigenvalue weighted by atomic mass is 16.5. The molecule has 3 N–H and O–H groups in total. The van der Waals surface area contributed by atoms with Crippen molar-refractivity contribution in [1.29, 1.82) is 0 Å². The SMILES string of the molecule is CC1(CNCCCC2CC2)COCC1N. The first-order valence-corrected chi connectivity index (χ1v) is 6.25. The maximum Gasteiger partial charge on any atom is 0.0624 e. The Morgan fingerprint density at radius 1 is 1.47 bits per heavy atom. The van der Waals surface area contributed by atoms with Gasteiger partial charge < -0.3 is 15.8 Å². The van der Waals surface area contributed by atoms with Crippen molar-refractivity contribution in [2.75, 3.05) is 26.3 Å². The van der Waals surface area contributed by atoms with E-state index >= 15 is 0 Å². The fourth-order valence-electron chi connectivity index (χ4n) is 2.21. The van der Waals surface area contributed by atoms with Crippen LogP contribution in [0, 0.1) is 11.3 Å². The maximum atomic E-state index is 6.02. The van der Waals surface area contributed by atoms with Crippen LogP contribution in [0.3, 0.4) is 0 Å². The van der Waals surface area contributed by atoms with Crippen LogP contribution in [0.25, 0.3) is 0 Å². The van der Waals surface area contributed by atoms with Crippen LogP contribution in [0.4, 0.5) is 0 Å². The van der Waals surface area contributed by atoms with Gasteiger partial charge in [0.2, 0.25) is 0 Å². The minimum absolute atomic E-state index is 0.152. The lowest BCUT2D eigenvalue weighted by Crippen LogP contribution is -2.45. The summed E-state index contributed by atoms with van der Waals surface area (Å²) in [5, 5.41) is 3.52. The molecule has 1 saturated carbocycles. The lowest BCUT2D eigenvalue weighted by atomic mass is 9.86. The quantitative estimate of drug-likeness (QED) is 0.649. The molecule has 1 aliphatic heterocycles. The molecule has 3 nitrogen and oxygen atoms in total. The highest BCUT2D eigenvalue weighted by Gasteiger charge is 2.37. The van der Waals surface area contributed by atoms with E-state index in [-0.39, 0.29) is 11.5 Å². The summed E-state index contributed by atoms with van der Waals surface area (Å²) >= 11 is 0. The number of rotatable bonds is 6.